The van der Waals surface area contributed by atoms with Crippen molar-refractivity contribution in [2.75, 3.05) is 0 Å². The molecule has 18 heavy (non-hydrogen) atoms. The van der Waals surface area contributed by atoms with E-state index in [1.165, 1.54) is 18.6 Å². The summed E-state index contributed by atoms with van der Waals surface area (Å²) in [7, 11) is 0. The Morgan fingerprint density at radius 3 is 2.78 bits per heavy atom. The molecular formula is C14H17FO3. The van der Waals surface area contributed by atoms with Gasteiger partial charge in [-0.05, 0) is 37.3 Å². The van der Waals surface area contributed by atoms with Gasteiger partial charge in [0.15, 0.2) is 0 Å². The summed E-state index contributed by atoms with van der Waals surface area (Å²) in [5.74, 6) is -1.51. The Bertz CT molecular complexity index is 445. The number of rotatable bonds is 3. The van der Waals surface area contributed by atoms with Crippen molar-refractivity contribution in [1.82, 2.24) is 0 Å². The lowest BCUT2D eigenvalue weighted by Crippen LogP contribution is -2.29. The summed E-state index contributed by atoms with van der Waals surface area (Å²) in [5.41, 5.74) is -0.365. The minimum absolute atomic E-state index is 0.0151. The van der Waals surface area contributed by atoms with Crippen LogP contribution in [0, 0.1) is 11.7 Å². The Morgan fingerprint density at radius 1 is 1.39 bits per heavy atom. The number of carboxylic acids is 1. The molecule has 98 valence electrons. The molecule has 1 aromatic rings. The summed E-state index contributed by atoms with van der Waals surface area (Å²) in [6.45, 7) is 2.09. The number of carbonyl (C=O) groups is 1. The van der Waals surface area contributed by atoms with E-state index < -0.39 is 11.8 Å². The monoisotopic (exact) mass is 252 g/mol. The first-order valence-electron chi connectivity index (χ1n) is 6.28. The second-order valence-corrected chi connectivity index (χ2v) is 4.84. The predicted octanol–water partition coefficient (Wildman–Crippen LogP) is 3.48. The van der Waals surface area contributed by atoms with E-state index in [-0.39, 0.29) is 17.4 Å². The lowest BCUT2D eigenvalue weighted by atomic mass is 9.88. The van der Waals surface area contributed by atoms with Gasteiger partial charge in [-0.1, -0.05) is 19.4 Å². The molecule has 2 unspecified atom stereocenters. The fourth-order valence-electron chi connectivity index (χ4n) is 2.43. The Hall–Kier alpha value is -1.58. The third-order valence-corrected chi connectivity index (χ3v) is 3.50. The Kier molecular flexibility index (Phi) is 3.84. The largest absolute Gasteiger partial charge is 0.489 e. The third kappa shape index (κ3) is 2.63. The third-order valence-electron chi connectivity index (χ3n) is 3.50. The van der Waals surface area contributed by atoms with Crippen LogP contribution in [0.25, 0.3) is 0 Å². The van der Waals surface area contributed by atoms with Gasteiger partial charge >= 0.3 is 5.97 Å². The zero-order valence-corrected chi connectivity index (χ0v) is 10.4. The van der Waals surface area contributed by atoms with Gasteiger partial charge in [0.1, 0.15) is 23.2 Å². The van der Waals surface area contributed by atoms with Crippen molar-refractivity contribution in [3.8, 4) is 5.75 Å². The van der Waals surface area contributed by atoms with Crippen LogP contribution in [0.4, 0.5) is 4.39 Å². The zero-order chi connectivity index (χ0) is 13.1. The number of halogens is 1. The van der Waals surface area contributed by atoms with E-state index in [0.29, 0.717) is 5.92 Å². The first-order valence-corrected chi connectivity index (χ1v) is 6.28. The highest BCUT2D eigenvalue weighted by Gasteiger charge is 2.25. The Balaban J connectivity index is 2.23. The Labute approximate surface area is 106 Å². The van der Waals surface area contributed by atoms with Gasteiger partial charge in [0.05, 0.1) is 0 Å². The van der Waals surface area contributed by atoms with Crippen molar-refractivity contribution in [3.63, 3.8) is 0 Å². The molecule has 0 aromatic heterocycles. The summed E-state index contributed by atoms with van der Waals surface area (Å²) >= 11 is 0. The zero-order valence-electron chi connectivity index (χ0n) is 10.4. The molecule has 3 nitrogen and oxygen atoms in total. The highest BCUT2D eigenvalue weighted by atomic mass is 19.1. The lowest BCUT2D eigenvalue weighted by molar-refractivity contribution is 0.0666. The summed E-state index contributed by atoms with van der Waals surface area (Å²) in [5, 5.41) is 9.02. The lowest BCUT2D eigenvalue weighted by Gasteiger charge is -2.29. The topological polar surface area (TPSA) is 46.5 Å². The number of carboxylic acid groups (broad SMARTS) is 1. The highest BCUT2D eigenvalue weighted by Crippen LogP contribution is 2.30. The molecule has 1 saturated carbocycles. The van der Waals surface area contributed by atoms with E-state index in [1.54, 1.807) is 0 Å². The number of benzene rings is 1. The van der Waals surface area contributed by atoms with Crippen LogP contribution in [0.1, 0.15) is 43.0 Å². The molecule has 0 spiro atoms. The van der Waals surface area contributed by atoms with Gasteiger partial charge in [0.2, 0.25) is 0 Å². The Morgan fingerprint density at radius 2 is 2.11 bits per heavy atom. The molecule has 0 aliphatic heterocycles. The molecule has 1 aliphatic carbocycles. The van der Waals surface area contributed by atoms with Gasteiger partial charge in [-0.25, -0.2) is 9.18 Å². The molecule has 1 aliphatic rings. The second-order valence-electron chi connectivity index (χ2n) is 4.84. The maximum absolute atomic E-state index is 13.5. The molecule has 1 N–H and O–H groups in total. The van der Waals surface area contributed by atoms with Crippen LogP contribution < -0.4 is 4.74 Å². The van der Waals surface area contributed by atoms with Gasteiger partial charge in [0, 0.05) is 0 Å². The van der Waals surface area contributed by atoms with Crippen molar-refractivity contribution < 1.29 is 19.0 Å². The number of aromatic carboxylic acids is 1. The molecule has 0 saturated heterocycles. The number of hydrogen-bond acceptors (Lipinski definition) is 2. The average molecular weight is 252 g/mol. The van der Waals surface area contributed by atoms with Crippen LogP contribution >= 0.6 is 0 Å². The minimum Gasteiger partial charge on any atom is -0.489 e. The highest BCUT2D eigenvalue weighted by molar-refractivity contribution is 5.91. The van der Waals surface area contributed by atoms with Crippen LogP contribution in [0.5, 0.6) is 5.75 Å². The molecular weight excluding hydrogens is 235 g/mol. The molecule has 1 fully saturated rings. The van der Waals surface area contributed by atoms with E-state index in [4.69, 9.17) is 9.84 Å². The fraction of sp³-hybridized carbons (Fsp3) is 0.500. The normalized spacial score (nSPS) is 23.7. The van der Waals surface area contributed by atoms with E-state index in [2.05, 4.69) is 6.92 Å². The fourth-order valence-corrected chi connectivity index (χ4v) is 2.43. The van der Waals surface area contributed by atoms with Gasteiger partial charge in [0.25, 0.3) is 0 Å². The van der Waals surface area contributed by atoms with Crippen LogP contribution in [-0.2, 0) is 0 Å². The first-order chi connectivity index (χ1) is 8.59. The van der Waals surface area contributed by atoms with Gasteiger partial charge in [-0.3, -0.25) is 0 Å². The molecule has 0 bridgehead atoms. The summed E-state index contributed by atoms with van der Waals surface area (Å²) in [6.07, 6.45) is 4.21. The second kappa shape index (κ2) is 5.38. The summed E-state index contributed by atoms with van der Waals surface area (Å²) in [6, 6.07) is 4.14. The van der Waals surface area contributed by atoms with Gasteiger partial charge < -0.3 is 9.84 Å². The molecule has 4 heteroatoms. The van der Waals surface area contributed by atoms with Gasteiger partial charge in [-0.15, -0.1) is 0 Å². The van der Waals surface area contributed by atoms with Crippen LogP contribution in [0.15, 0.2) is 18.2 Å². The smallest absolute Gasteiger partial charge is 0.342 e. The number of hydrogen-bond donors (Lipinski definition) is 1. The van der Waals surface area contributed by atoms with Crippen molar-refractivity contribution >= 4 is 5.97 Å². The molecule has 1 aromatic carbocycles. The van der Waals surface area contributed by atoms with E-state index in [9.17, 15) is 9.18 Å². The maximum Gasteiger partial charge on any atom is 0.342 e. The van der Waals surface area contributed by atoms with Gasteiger partial charge in [-0.2, -0.15) is 0 Å². The minimum atomic E-state index is -1.29. The van der Waals surface area contributed by atoms with Crippen molar-refractivity contribution in [3.05, 3.63) is 29.6 Å². The van der Waals surface area contributed by atoms with E-state index >= 15 is 0 Å². The standard InChI is InChI=1S/C14H17FO3/c1-9-5-2-3-7-11(9)18-12-8-4-6-10(15)13(12)14(16)17/h4,6,8-9,11H,2-3,5,7H2,1H3,(H,16,17). The molecule has 0 amide bonds. The molecule has 2 rings (SSSR count). The summed E-state index contributed by atoms with van der Waals surface area (Å²) < 4.78 is 19.2. The number of ether oxygens (including phenoxy) is 1. The van der Waals surface area contributed by atoms with Crippen molar-refractivity contribution in [2.24, 2.45) is 5.92 Å². The van der Waals surface area contributed by atoms with Crippen LogP contribution in [0.3, 0.4) is 0 Å². The molecule has 0 heterocycles. The summed E-state index contributed by atoms with van der Waals surface area (Å²) in [4.78, 5) is 11.0. The maximum atomic E-state index is 13.5. The molecule has 0 radical (unpaired) electrons. The van der Waals surface area contributed by atoms with Crippen molar-refractivity contribution in [2.45, 2.75) is 38.7 Å². The van der Waals surface area contributed by atoms with Crippen LogP contribution in [0.2, 0.25) is 0 Å². The van der Waals surface area contributed by atoms with Crippen LogP contribution in [-0.4, -0.2) is 17.2 Å². The first kappa shape index (κ1) is 12.9. The van der Waals surface area contributed by atoms with E-state index in [1.807, 2.05) is 0 Å². The van der Waals surface area contributed by atoms with E-state index in [0.717, 1.165) is 25.3 Å². The molecule has 2 atom stereocenters. The predicted molar refractivity (Wildman–Crippen MR) is 65.4 cm³/mol. The quantitative estimate of drug-likeness (QED) is 0.895. The SMILES string of the molecule is CC1CCCCC1Oc1cccc(F)c1C(=O)O. The van der Waals surface area contributed by atoms with Crippen molar-refractivity contribution in [1.29, 1.82) is 0 Å². The average Bonchev–Trinajstić information content (AvgIpc) is 2.31.